The largest absolute Gasteiger partial charge is 0.370 e. The van der Waals surface area contributed by atoms with Crippen LogP contribution in [0.25, 0.3) is 0 Å². The Morgan fingerprint density at radius 3 is 2.53 bits per heavy atom. The summed E-state index contributed by atoms with van der Waals surface area (Å²) in [6, 6.07) is 6.21. The maximum Gasteiger partial charge on any atom is 0.131 e. The number of aryl methyl sites for hydroxylation is 1. The van der Waals surface area contributed by atoms with Gasteiger partial charge < -0.3 is 10.6 Å². The molecular formula is C14H20N4S. The van der Waals surface area contributed by atoms with Crippen molar-refractivity contribution in [1.29, 1.82) is 0 Å². The van der Waals surface area contributed by atoms with Crippen LogP contribution in [0.1, 0.15) is 24.0 Å². The smallest absolute Gasteiger partial charge is 0.131 e. The average Bonchev–Trinajstić information content (AvgIpc) is 2.89. The van der Waals surface area contributed by atoms with Gasteiger partial charge in [-0.25, -0.2) is 9.97 Å². The molecule has 0 atom stereocenters. The van der Waals surface area contributed by atoms with Crippen LogP contribution in [0.4, 0.5) is 11.6 Å². The Kier molecular flexibility index (Phi) is 5.15. The Bertz CT molecular complexity index is 496. The number of nitrogens with one attached hydrogen (secondary N) is 2. The third kappa shape index (κ3) is 4.52. The molecular weight excluding hydrogens is 256 g/mol. The van der Waals surface area contributed by atoms with Gasteiger partial charge in [-0.2, -0.15) is 0 Å². The summed E-state index contributed by atoms with van der Waals surface area (Å²) in [7, 11) is 0. The molecule has 19 heavy (non-hydrogen) atoms. The highest BCUT2D eigenvalue weighted by molar-refractivity contribution is 7.09. The predicted octanol–water partition coefficient (Wildman–Crippen LogP) is 3.32. The summed E-state index contributed by atoms with van der Waals surface area (Å²) >= 11 is 1.79. The minimum atomic E-state index is 0.791. The number of hydrogen-bond donors (Lipinski definition) is 2. The van der Waals surface area contributed by atoms with Gasteiger partial charge in [0.2, 0.25) is 0 Å². The van der Waals surface area contributed by atoms with Crippen molar-refractivity contribution in [3.63, 3.8) is 0 Å². The molecule has 0 aromatic carbocycles. The van der Waals surface area contributed by atoms with Gasteiger partial charge in [-0.3, -0.25) is 0 Å². The first-order valence-corrected chi connectivity index (χ1v) is 7.51. The zero-order valence-corrected chi connectivity index (χ0v) is 12.3. The van der Waals surface area contributed by atoms with Crippen LogP contribution >= 0.6 is 11.3 Å². The standard InChI is InChI=1S/C14H20N4S/c1-3-7-15-13-10-14(18-11(2)17-13)16-8-6-12-5-4-9-19-12/h4-5,9-10H,3,6-8H2,1-2H3,(H2,15,16,17,18). The van der Waals surface area contributed by atoms with E-state index in [0.29, 0.717) is 0 Å². The highest BCUT2D eigenvalue weighted by Crippen LogP contribution is 2.12. The van der Waals surface area contributed by atoms with E-state index in [-0.39, 0.29) is 0 Å². The molecule has 2 rings (SSSR count). The molecule has 0 aliphatic heterocycles. The van der Waals surface area contributed by atoms with Crippen molar-refractivity contribution < 1.29 is 0 Å². The lowest BCUT2D eigenvalue weighted by Gasteiger charge is -2.09. The molecule has 0 saturated carbocycles. The Hall–Kier alpha value is -1.62. The Balaban J connectivity index is 1.90. The molecule has 102 valence electrons. The maximum atomic E-state index is 4.40. The number of aromatic nitrogens is 2. The average molecular weight is 276 g/mol. The monoisotopic (exact) mass is 276 g/mol. The molecule has 2 N–H and O–H groups in total. The molecule has 0 amide bonds. The van der Waals surface area contributed by atoms with E-state index in [1.807, 2.05) is 13.0 Å². The summed E-state index contributed by atoms with van der Waals surface area (Å²) in [6.07, 6.45) is 2.11. The Labute approximate surface area is 118 Å². The minimum Gasteiger partial charge on any atom is -0.370 e. The van der Waals surface area contributed by atoms with Gasteiger partial charge in [0.25, 0.3) is 0 Å². The van der Waals surface area contributed by atoms with Crippen LogP contribution in [-0.4, -0.2) is 23.1 Å². The fourth-order valence-corrected chi connectivity index (χ4v) is 2.48. The summed E-state index contributed by atoms with van der Waals surface area (Å²) < 4.78 is 0. The Morgan fingerprint density at radius 1 is 1.16 bits per heavy atom. The fourth-order valence-electron chi connectivity index (χ4n) is 1.77. The topological polar surface area (TPSA) is 49.8 Å². The molecule has 2 aromatic rings. The normalized spacial score (nSPS) is 10.4. The van der Waals surface area contributed by atoms with E-state index in [9.17, 15) is 0 Å². The summed E-state index contributed by atoms with van der Waals surface area (Å²) in [5, 5.41) is 8.75. The van der Waals surface area contributed by atoms with Gasteiger partial charge in [0.05, 0.1) is 0 Å². The third-order valence-electron chi connectivity index (χ3n) is 2.65. The summed E-state index contributed by atoms with van der Waals surface area (Å²) in [4.78, 5) is 10.2. The van der Waals surface area contributed by atoms with E-state index in [4.69, 9.17) is 0 Å². The van der Waals surface area contributed by atoms with E-state index in [1.165, 1.54) is 4.88 Å². The van der Waals surface area contributed by atoms with Crippen molar-refractivity contribution in [3.8, 4) is 0 Å². The van der Waals surface area contributed by atoms with Crippen LogP contribution in [0.3, 0.4) is 0 Å². The van der Waals surface area contributed by atoms with Crippen LogP contribution in [0.5, 0.6) is 0 Å². The molecule has 5 heteroatoms. The van der Waals surface area contributed by atoms with Gasteiger partial charge in [0.15, 0.2) is 0 Å². The lowest BCUT2D eigenvalue weighted by molar-refractivity contribution is 0.948. The van der Waals surface area contributed by atoms with Crippen molar-refractivity contribution in [3.05, 3.63) is 34.3 Å². The van der Waals surface area contributed by atoms with Crippen LogP contribution in [0.15, 0.2) is 23.6 Å². The fraction of sp³-hybridized carbons (Fsp3) is 0.429. The minimum absolute atomic E-state index is 0.791. The summed E-state index contributed by atoms with van der Waals surface area (Å²) in [6.45, 7) is 5.89. The maximum absolute atomic E-state index is 4.40. The number of hydrogen-bond acceptors (Lipinski definition) is 5. The van der Waals surface area contributed by atoms with Gasteiger partial charge in [-0.1, -0.05) is 13.0 Å². The summed E-state index contributed by atoms with van der Waals surface area (Å²) in [5.74, 6) is 2.58. The van der Waals surface area contributed by atoms with Gasteiger partial charge in [0, 0.05) is 24.0 Å². The first kappa shape index (κ1) is 13.8. The lowest BCUT2D eigenvalue weighted by Crippen LogP contribution is -2.09. The molecule has 0 unspecified atom stereocenters. The SMILES string of the molecule is CCCNc1cc(NCCc2cccs2)nc(C)n1. The molecule has 2 heterocycles. The number of thiophene rings is 1. The molecule has 0 fully saturated rings. The molecule has 0 spiro atoms. The van der Waals surface area contributed by atoms with Crippen LogP contribution < -0.4 is 10.6 Å². The quantitative estimate of drug-likeness (QED) is 0.814. The molecule has 2 aromatic heterocycles. The first-order chi connectivity index (χ1) is 9.28. The molecule has 0 aliphatic carbocycles. The predicted molar refractivity (Wildman–Crippen MR) is 82.1 cm³/mol. The van der Waals surface area contributed by atoms with Gasteiger partial charge >= 0.3 is 0 Å². The van der Waals surface area contributed by atoms with Gasteiger partial charge in [0.1, 0.15) is 17.5 Å². The van der Waals surface area contributed by atoms with E-state index in [0.717, 1.165) is 43.4 Å². The number of rotatable bonds is 7. The molecule has 0 radical (unpaired) electrons. The zero-order valence-electron chi connectivity index (χ0n) is 11.4. The van der Waals surface area contributed by atoms with E-state index >= 15 is 0 Å². The van der Waals surface area contributed by atoms with Crippen molar-refractivity contribution in [2.75, 3.05) is 23.7 Å². The van der Waals surface area contributed by atoms with Crippen molar-refractivity contribution >= 4 is 23.0 Å². The second-order valence-electron chi connectivity index (χ2n) is 4.37. The van der Waals surface area contributed by atoms with Crippen molar-refractivity contribution in [2.24, 2.45) is 0 Å². The molecule has 0 bridgehead atoms. The highest BCUT2D eigenvalue weighted by atomic mass is 32.1. The molecule has 0 saturated heterocycles. The lowest BCUT2D eigenvalue weighted by atomic mass is 10.3. The first-order valence-electron chi connectivity index (χ1n) is 6.63. The van der Waals surface area contributed by atoms with Gasteiger partial charge in [-0.15, -0.1) is 11.3 Å². The van der Waals surface area contributed by atoms with Gasteiger partial charge in [-0.05, 0) is 31.2 Å². The van der Waals surface area contributed by atoms with Crippen LogP contribution in [0.2, 0.25) is 0 Å². The van der Waals surface area contributed by atoms with E-state index < -0.39 is 0 Å². The van der Waals surface area contributed by atoms with Crippen LogP contribution in [0, 0.1) is 6.92 Å². The molecule has 0 aliphatic rings. The third-order valence-corrected chi connectivity index (χ3v) is 3.59. The van der Waals surface area contributed by atoms with E-state index in [1.54, 1.807) is 11.3 Å². The second kappa shape index (κ2) is 7.09. The highest BCUT2D eigenvalue weighted by Gasteiger charge is 2.01. The van der Waals surface area contributed by atoms with Crippen molar-refractivity contribution in [2.45, 2.75) is 26.7 Å². The number of anilines is 2. The zero-order chi connectivity index (χ0) is 13.5. The van der Waals surface area contributed by atoms with E-state index in [2.05, 4.69) is 45.0 Å². The Morgan fingerprint density at radius 2 is 1.89 bits per heavy atom. The number of nitrogens with zero attached hydrogens (tertiary/aromatic N) is 2. The second-order valence-corrected chi connectivity index (χ2v) is 5.40. The van der Waals surface area contributed by atoms with Crippen molar-refractivity contribution in [1.82, 2.24) is 9.97 Å². The molecule has 4 nitrogen and oxygen atoms in total. The van der Waals surface area contributed by atoms with Crippen LogP contribution in [-0.2, 0) is 6.42 Å². The summed E-state index contributed by atoms with van der Waals surface area (Å²) in [5.41, 5.74) is 0.